The number of primary amides is 1. The molecule has 4 aromatic rings. The summed E-state index contributed by atoms with van der Waals surface area (Å²) in [5, 5.41) is 12.0. The third-order valence-corrected chi connectivity index (χ3v) is 8.32. The van der Waals surface area contributed by atoms with Gasteiger partial charge in [-0.2, -0.15) is 0 Å². The molecule has 50 heavy (non-hydrogen) atoms. The first-order chi connectivity index (χ1) is 24.1. The van der Waals surface area contributed by atoms with Crippen LogP contribution in [-0.2, 0) is 36.9 Å². The molecule has 0 bridgehead atoms. The van der Waals surface area contributed by atoms with Crippen LogP contribution in [0.25, 0.3) is 10.9 Å². The van der Waals surface area contributed by atoms with Crippen molar-refractivity contribution in [1.29, 1.82) is 0 Å². The molecule has 2 aromatic heterocycles. The number of hydrogen-bond donors (Lipinski definition) is 5. The molecule has 0 radical (unpaired) electrons. The van der Waals surface area contributed by atoms with Gasteiger partial charge in [-0.25, -0.2) is 4.98 Å². The maximum absolute atomic E-state index is 13.6. The highest BCUT2D eigenvalue weighted by atomic mass is 16.6. The fourth-order valence-electron chi connectivity index (χ4n) is 5.65. The quantitative estimate of drug-likeness (QED) is 0.111. The predicted molar refractivity (Wildman–Crippen MR) is 185 cm³/mol. The Balaban J connectivity index is 1.23. The Morgan fingerprint density at radius 3 is 2.30 bits per heavy atom. The van der Waals surface area contributed by atoms with Crippen molar-refractivity contribution in [2.75, 3.05) is 0 Å². The Bertz CT molecular complexity index is 1820. The van der Waals surface area contributed by atoms with Crippen LogP contribution in [0.2, 0.25) is 0 Å². The van der Waals surface area contributed by atoms with E-state index in [1.54, 1.807) is 36.5 Å². The molecule has 260 valence electrons. The summed E-state index contributed by atoms with van der Waals surface area (Å²) in [6.45, 7) is 3.90. The molecule has 5 amide bonds. The van der Waals surface area contributed by atoms with Gasteiger partial charge < -0.3 is 31.7 Å². The second kappa shape index (κ2) is 16.6. The third kappa shape index (κ3) is 9.92. The van der Waals surface area contributed by atoms with Crippen LogP contribution in [-0.4, -0.2) is 69.8 Å². The maximum Gasteiger partial charge on any atom is 0.270 e. The van der Waals surface area contributed by atoms with Crippen LogP contribution in [0.1, 0.15) is 48.4 Å². The molecule has 1 aliphatic heterocycles. The van der Waals surface area contributed by atoms with Crippen molar-refractivity contribution in [1.82, 2.24) is 31.2 Å². The lowest BCUT2D eigenvalue weighted by Crippen LogP contribution is -2.53. The van der Waals surface area contributed by atoms with Crippen LogP contribution in [0.4, 0.5) is 0 Å². The molecule has 1 saturated heterocycles. The molecule has 1 aliphatic rings. The number of amides is 5. The van der Waals surface area contributed by atoms with E-state index >= 15 is 0 Å². The van der Waals surface area contributed by atoms with Gasteiger partial charge in [-0.05, 0) is 42.2 Å². The Labute approximate surface area is 289 Å². The predicted octanol–water partition coefficient (Wildman–Crippen LogP) is 1.95. The number of rotatable bonds is 16. The highest BCUT2D eigenvalue weighted by Crippen LogP contribution is 2.30. The number of nitrogens with one attached hydrogen (secondary N) is 4. The normalized spacial score (nSPS) is 16.9. The minimum Gasteiger partial charge on any atom is -0.370 e. The number of carbonyl (C=O) groups is 5. The zero-order chi connectivity index (χ0) is 35.6. The van der Waals surface area contributed by atoms with E-state index in [1.807, 2.05) is 62.4 Å². The standard InChI is InChI=1S/C37H41N7O6/c1-22(2)33(37(49)40-21-25-13-8-9-17-39-25)44-32(46)20-30-34(50-30)28(18-23-10-4-3-5-11-23)42-36(48)29(19-31(38)45)43-35(47)27-16-15-24-12-6-7-14-26(24)41-27/h3-17,22,28-30,33-34H,18-21H2,1-2H3,(H2,38,45)(H,40,49)(H,42,48)(H,43,47)(H,44,46)/t28?,29-,30?,33+,34?/m1/s1. The number of hydrogen-bond acceptors (Lipinski definition) is 8. The van der Waals surface area contributed by atoms with Gasteiger partial charge >= 0.3 is 0 Å². The zero-order valence-electron chi connectivity index (χ0n) is 27.9. The van der Waals surface area contributed by atoms with Crippen molar-refractivity contribution in [3.8, 4) is 0 Å². The number of fused-ring (bicyclic) bond motifs is 1. The fourth-order valence-corrected chi connectivity index (χ4v) is 5.65. The van der Waals surface area contributed by atoms with Gasteiger partial charge in [-0.3, -0.25) is 29.0 Å². The van der Waals surface area contributed by atoms with E-state index in [4.69, 9.17) is 10.5 Å². The highest BCUT2D eigenvalue weighted by molar-refractivity contribution is 5.99. The van der Waals surface area contributed by atoms with Crippen molar-refractivity contribution in [3.05, 3.63) is 108 Å². The largest absolute Gasteiger partial charge is 0.370 e. The monoisotopic (exact) mass is 679 g/mol. The SMILES string of the molecule is CC(C)[C@H](NC(=O)CC1OC1C(Cc1ccccc1)NC(=O)[C@@H](CC(N)=O)NC(=O)c1ccc2ccccc2n1)C(=O)NCc1ccccn1. The lowest BCUT2D eigenvalue weighted by atomic mass is 9.99. The molecule has 6 N–H and O–H groups in total. The summed E-state index contributed by atoms with van der Waals surface area (Å²) in [5.74, 6) is -2.96. The van der Waals surface area contributed by atoms with Crippen LogP contribution in [0, 0.1) is 5.92 Å². The van der Waals surface area contributed by atoms with Gasteiger partial charge in [-0.1, -0.05) is 74.5 Å². The number of nitrogens with two attached hydrogens (primary N) is 1. The molecule has 3 heterocycles. The van der Waals surface area contributed by atoms with Crippen LogP contribution >= 0.6 is 0 Å². The van der Waals surface area contributed by atoms with Crippen LogP contribution in [0.5, 0.6) is 0 Å². The second-order valence-electron chi connectivity index (χ2n) is 12.6. The molecular weight excluding hydrogens is 638 g/mol. The number of pyridine rings is 2. The average molecular weight is 680 g/mol. The molecule has 5 atom stereocenters. The van der Waals surface area contributed by atoms with Gasteiger partial charge in [-0.15, -0.1) is 0 Å². The van der Waals surface area contributed by atoms with E-state index in [0.717, 1.165) is 10.9 Å². The van der Waals surface area contributed by atoms with E-state index < -0.39 is 54.5 Å². The van der Waals surface area contributed by atoms with E-state index in [-0.39, 0.29) is 36.4 Å². The van der Waals surface area contributed by atoms with Crippen molar-refractivity contribution in [3.63, 3.8) is 0 Å². The molecule has 1 fully saturated rings. The van der Waals surface area contributed by atoms with E-state index in [2.05, 4.69) is 31.2 Å². The number of aromatic nitrogens is 2. The number of para-hydroxylation sites is 1. The lowest BCUT2D eigenvalue weighted by Gasteiger charge is -2.23. The van der Waals surface area contributed by atoms with Gasteiger partial charge in [0, 0.05) is 11.6 Å². The molecular formula is C37H41N7O6. The topological polar surface area (TPSA) is 198 Å². The van der Waals surface area contributed by atoms with Crippen molar-refractivity contribution < 1.29 is 28.7 Å². The molecule has 13 heteroatoms. The summed E-state index contributed by atoms with van der Waals surface area (Å²) in [6.07, 6.45) is 0.410. The minimum atomic E-state index is -1.29. The molecule has 0 saturated carbocycles. The lowest BCUT2D eigenvalue weighted by molar-refractivity contribution is -0.130. The number of ether oxygens (including phenoxy) is 1. The number of benzene rings is 2. The summed E-state index contributed by atoms with van der Waals surface area (Å²) in [6, 6.07) is 22.7. The first-order valence-corrected chi connectivity index (χ1v) is 16.5. The summed E-state index contributed by atoms with van der Waals surface area (Å²) in [5.41, 5.74) is 7.74. The van der Waals surface area contributed by atoms with Crippen LogP contribution < -0.4 is 27.0 Å². The van der Waals surface area contributed by atoms with Crippen LogP contribution in [0.3, 0.4) is 0 Å². The first-order valence-electron chi connectivity index (χ1n) is 16.5. The zero-order valence-corrected chi connectivity index (χ0v) is 27.9. The van der Waals surface area contributed by atoms with Gasteiger partial charge in [0.15, 0.2) is 0 Å². The fraction of sp³-hybridized carbons (Fsp3) is 0.324. The Morgan fingerprint density at radius 1 is 0.840 bits per heavy atom. The van der Waals surface area contributed by atoms with Crippen molar-refractivity contribution in [2.24, 2.45) is 11.7 Å². The molecule has 0 spiro atoms. The summed E-state index contributed by atoms with van der Waals surface area (Å²) >= 11 is 0. The maximum atomic E-state index is 13.6. The minimum absolute atomic E-state index is 0.0440. The Hall–Kier alpha value is -5.69. The molecule has 5 rings (SSSR count). The van der Waals surface area contributed by atoms with Crippen molar-refractivity contribution in [2.45, 2.75) is 70.0 Å². The summed E-state index contributed by atoms with van der Waals surface area (Å²) in [4.78, 5) is 73.5. The van der Waals surface area contributed by atoms with Crippen LogP contribution in [0.15, 0.2) is 91.1 Å². The second-order valence-corrected chi connectivity index (χ2v) is 12.6. The molecule has 3 unspecified atom stereocenters. The number of nitrogens with zero attached hydrogens (tertiary/aromatic N) is 2. The molecule has 13 nitrogen and oxygen atoms in total. The van der Waals surface area contributed by atoms with Crippen molar-refractivity contribution >= 4 is 40.4 Å². The van der Waals surface area contributed by atoms with Gasteiger partial charge in [0.1, 0.15) is 23.9 Å². The van der Waals surface area contributed by atoms with Gasteiger partial charge in [0.2, 0.25) is 23.6 Å². The average Bonchev–Trinajstić information content (AvgIpc) is 3.88. The molecule has 2 aromatic carbocycles. The summed E-state index contributed by atoms with van der Waals surface area (Å²) in [7, 11) is 0. The van der Waals surface area contributed by atoms with E-state index in [0.29, 0.717) is 17.6 Å². The van der Waals surface area contributed by atoms with Gasteiger partial charge in [0.05, 0.1) is 42.7 Å². The van der Waals surface area contributed by atoms with E-state index in [1.165, 1.54) is 6.07 Å². The number of carbonyl (C=O) groups excluding carboxylic acids is 5. The summed E-state index contributed by atoms with van der Waals surface area (Å²) < 4.78 is 5.91. The first kappa shape index (κ1) is 35.6. The smallest absolute Gasteiger partial charge is 0.270 e. The van der Waals surface area contributed by atoms with Gasteiger partial charge in [0.25, 0.3) is 5.91 Å². The number of epoxide rings is 1. The Morgan fingerprint density at radius 2 is 1.58 bits per heavy atom. The molecule has 0 aliphatic carbocycles. The highest BCUT2D eigenvalue weighted by Gasteiger charge is 2.47. The third-order valence-electron chi connectivity index (χ3n) is 8.32. The Kier molecular flexibility index (Phi) is 11.8. The van der Waals surface area contributed by atoms with E-state index in [9.17, 15) is 24.0 Å².